The van der Waals surface area contributed by atoms with Gasteiger partial charge in [0.2, 0.25) is 5.91 Å². The largest absolute Gasteiger partial charge is 0.459 e. The van der Waals surface area contributed by atoms with E-state index in [0.717, 1.165) is 23.2 Å². The maximum absolute atomic E-state index is 12.1. The smallest absolute Gasteiger partial charge is 0.225 e. The fraction of sp³-hybridized carbons (Fsp3) is 0.471. The maximum Gasteiger partial charge on any atom is 0.225 e. The number of benzene rings is 1. The van der Waals surface area contributed by atoms with E-state index in [1.54, 1.807) is 0 Å². The first-order chi connectivity index (χ1) is 10.6. The summed E-state index contributed by atoms with van der Waals surface area (Å²) in [6.07, 6.45) is 0.809. The third kappa shape index (κ3) is 3.15. The number of carbonyl (C=O) groups is 1. The second kappa shape index (κ2) is 6.50. The van der Waals surface area contributed by atoms with Crippen molar-refractivity contribution in [2.24, 2.45) is 5.92 Å². The number of nitrogens with one attached hydrogen (secondary N) is 1. The molecule has 1 aliphatic rings. The quantitative estimate of drug-likeness (QED) is 0.920. The van der Waals surface area contributed by atoms with Gasteiger partial charge in [-0.1, -0.05) is 18.2 Å². The molecule has 5 nitrogen and oxygen atoms in total. The standard InChI is InChI=1S/C17H22N2O3/c1-19(2)14(10-18-17(20)13-7-8-21-11-13)16-9-12-5-3-4-6-15(12)22-16/h3-6,9,13-14H,7-8,10-11H2,1-2H3,(H,18,20)/t13-,14-/m0/s1. The first kappa shape index (κ1) is 15.1. The van der Waals surface area contributed by atoms with Crippen molar-refractivity contribution in [1.29, 1.82) is 0 Å². The zero-order valence-corrected chi connectivity index (χ0v) is 13.0. The van der Waals surface area contributed by atoms with Crippen LogP contribution >= 0.6 is 0 Å². The van der Waals surface area contributed by atoms with E-state index in [9.17, 15) is 4.79 Å². The Bertz CT molecular complexity index is 611. The summed E-state index contributed by atoms with van der Waals surface area (Å²) in [5, 5.41) is 4.11. The fourth-order valence-electron chi connectivity index (χ4n) is 2.79. The van der Waals surface area contributed by atoms with Crippen molar-refractivity contribution >= 4 is 16.9 Å². The van der Waals surface area contributed by atoms with E-state index in [0.29, 0.717) is 19.8 Å². The fourth-order valence-corrected chi connectivity index (χ4v) is 2.79. The molecule has 2 atom stereocenters. The Balaban J connectivity index is 1.70. The number of para-hydroxylation sites is 1. The number of hydrogen-bond donors (Lipinski definition) is 1. The summed E-state index contributed by atoms with van der Waals surface area (Å²) in [5.74, 6) is 0.924. The average molecular weight is 302 g/mol. The van der Waals surface area contributed by atoms with Crippen LogP contribution in [0.3, 0.4) is 0 Å². The van der Waals surface area contributed by atoms with Crippen molar-refractivity contribution in [3.63, 3.8) is 0 Å². The van der Waals surface area contributed by atoms with Crippen molar-refractivity contribution in [3.05, 3.63) is 36.1 Å². The summed E-state index contributed by atoms with van der Waals surface area (Å²) in [6, 6.07) is 10.0. The van der Waals surface area contributed by atoms with Crippen LogP contribution in [-0.4, -0.2) is 44.7 Å². The van der Waals surface area contributed by atoms with Crippen molar-refractivity contribution < 1.29 is 13.9 Å². The number of nitrogens with zero attached hydrogens (tertiary/aromatic N) is 1. The van der Waals surface area contributed by atoms with Gasteiger partial charge in [0.15, 0.2) is 0 Å². The molecule has 1 fully saturated rings. The molecule has 0 aliphatic carbocycles. The summed E-state index contributed by atoms with van der Waals surface area (Å²) in [6.45, 7) is 1.74. The van der Waals surface area contributed by atoms with Crippen molar-refractivity contribution in [1.82, 2.24) is 10.2 Å². The number of fused-ring (bicyclic) bond motifs is 1. The molecule has 22 heavy (non-hydrogen) atoms. The van der Waals surface area contributed by atoms with Gasteiger partial charge in [-0.05, 0) is 32.6 Å². The number of carbonyl (C=O) groups excluding carboxylic acids is 1. The molecule has 2 heterocycles. The van der Waals surface area contributed by atoms with Gasteiger partial charge in [-0.2, -0.15) is 0 Å². The molecule has 3 rings (SSSR count). The number of likely N-dealkylation sites (N-methyl/N-ethyl adjacent to an activating group) is 1. The molecule has 1 N–H and O–H groups in total. The van der Waals surface area contributed by atoms with Gasteiger partial charge in [0.05, 0.1) is 18.6 Å². The highest BCUT2D eigenvalue weighted by Crippen LogP contribution is 2.26. The zero-order chi connectivity index (χ0) is 15.5. The molecule has 1 saturated heterocycles. The molecule has 5 heteroatoms. The Morgan fingerprint density at radius 1 is 1.41 bits per heavy atom. The molecule has 1 aromatic heterocycles. The van der Waals surface area contributed by atoms with Gasteiger partial charge in [0, 0.05) is 18.5 Å². The minimum atomic E-state index is -0.0153. The number of furan rings is 1. The first-order valence-corrected chi connectivity index (χ1v) is 7.65. The van der Waals surface area contributed by atoms with E-state index in [4.69, 9.17) is 9.15 Å². The van der Waals surface area contributed by atoms with Crippen LogP contribution in [0.15, 0.2) is 34.7 Å². The average Bonchev–Trinajstić information content (AvgIpc) is 3.16. The normalized spacial score (nSPS) is 19.7. The number of rotatable bonds is 5. The highest BCUT2D eigenvalue weighted by atomic mass is 16.5. The maximum atomic E-state index is 12.1. The van der Waals surface area contributed by atoms with Crippen LogP contribution in [0.25, 0.3) is 11.0 Å². The third-order valence-electron chi connectivity index (χ3n) is 4.17. The van der Waals surface area contributed by atoms with Gasteiger partial charge < -0.3 is 14.5 Å². The topological polar surface area (TPSA) is 54.7 Å². The van der Waals surface area contributed by atoms with Gasteiger partial charge in [-0.3, -0.25) is 9.69 Å². The van der Waals surface area contributed by atoms with Crippen molar-refractivity contribution in [2.45, 2.75) is 12.5 Å². The lowest BCUT2D eigenvalue weighted by Crippen LogP contribution is -2.37. The van der Waals surface area contributed by atoms with Crippen LogP contribution in [0, 0.1) is 5.92 Å². The zero-order valence-electron chi connectivity index (χ0n) is 13.0. The number of ether oxygens (including phenoxy) is 1. The van der Waals surface area contributed by atoms with Gasteiger partial charge in [-0.25, -0.2) is 0 Å². The Morgan fingerprint density at radius 2 is 2.23 bits per heavy atom. The van der Waals surface area contributed by atoms with Crippen LogP contribution < -0.4 is 5.32 Å². The molecule has 1 amide bonds. The summed E-state index contributed by atoms with van der Waals surface area (Å²) in [4.78, 5) is 14.2. The highest BCUT2D eigenvalue weighted by Gasteiger charge is 2.25. The minimum Gasteiger partial charge on any atom is -0.459 e. The lowest BCUT2D eigenvalue weighted by molar-refractivity contribution is -0.125. The molecule has 0 bridgehead atoms. The molecule has 1 aliphatic heterocycles. The van der Waals surface area contributed by atoms with E-state index >= 15 is 0 Å². The van der Waals surface area contributed by atoms with Crippen LogP contribution in [0.1, 0.15) is 18.2 Å². The van der Waals surface area contributed by atoms with E-state index in [-0.39, 0.29) is 17.9 Å². The molecular weight excluding hydrogens is 280 g/mol. The van der Waals surface area contributed by atoms with Crippen molar-refractivity contribution in [2.75, 3.05) is 33.9 Å². The van der Waals surface area contributed by atoms with E-state index in [1.807, 2.05) is 44.4 Å². The van der Waals surface area contributed by atoms with Gasteiger partial charge >= 0.3 is 0 Å². The van der Waals surface area contributed by atoms with Crippen LogP contribution in [0.2, 0.25) is 0 Å². The molecule has 1 aromatic carbocycles. The Labute approximate surface area is 130 Å². The van der Waals surface area contributed by atoms with Gasteiger partial charge in [-0.15, -0.1) is 0 Å². The summed E-state index contributed by atoms with van der Waals surface area (Å²) in [7, 11) is 3.98. The van der Waals surface area contributed by atoms with E-state index in [2.05, 4.69) is 10.2 Å². The first-order valence-electron chi connectivity index (χ1n) is 7.65. The summed E-state index contributed by atoms with van der Waals surface area (Å²) in [5.41, 5.74) is 0.875. The van der Waals surface area contributed by atoms with Crippen LogP contribution in [0.4, 0.5) is 0 Å². The summed E-state index contributed by atoms with van der Waals surface area (Å²) >= 11 is 0. The van der Waals surface area contributed by atoms with Crippen LogP contribution in [-0.2, 0) is 9.53 Å². The monoisotopic (exact) mass is 302 g/mol. The number of hydrogen-bond acceptors (Lipinski definition) is 4. The highest BCUT2D eigenvalue weighted by molar-refractivity contribution is 5.79. The predicted octanol–water partition coefficient (Wildman–Crippen LogP) is 2.19. The lowest BCUT2D eigenvalue weighted by Gasteiger charge is -2.23. The number of amides is 1. The summed E-state index contributed by atoms with van der Waals surface area (Å²) < 4.78 is 11.2. The molecule has 0 spiro atoms. The Hall–Kier alpha value is -1.85. The van der Waals surface area contributed by atoms with E-state index in [1.165, 1.54) is 0 Å². The molecule has 118 valence electrons. The second-order valence-corrected chi connectivity index (χ2v) is 5.97. The lowest BCUT2D eigenvalue weighted by atomic mass is 10.1. The van der Waals surface area contributed by atoms with Gasteiger partial charge in [0.1, 0.15) is 11.3 Å². The second-order valence-electron chi connectivity index (χ2n) is 5.97. The molecular formula is C17H22N2O3. The predicted molar refractivity (Wildman–Crippen MR) is 84.6 cm³/mol. The van der Waals surface area contributed by atoms with Crippen molar-refractivity contribution in [3.8, 4) is 0 Å². The van der Waals surface area contributed by atoms with Crippen LogP contribution in [0.5, 0.6) is 0 Å². The van der Waals surface area contributed by atoms with E-state index < -0.39 is 0 Å². The SMILES string of the molecule is CN(C)[C@@H](CNC(=O)[C@H]1CCOC1)c1cc2ccccc2o1. The molecule has 0 radical (unpaired) electrons. The van der Waals surface area contributed by atoms with Gasteiger partial charge in [0.25, 0.3) is 0 Å². The minimum absolute atomic E-state index is 0.0127. The Morgan fingerprint density at radius 3 is 2.91 bits per heavy atom. The molecule has 0 unspecified atom stereocenters. The molecule has 2 aromatic rings. The third-order valence-corrected chi connectivity index (χ3v) is 4.17. The molecule has 0 saturated carbocycles. The Kier molecular flexibility index (Phi) is 4.45.